The van der Waals surface area contributed by atoms with Crippen molar-refractivity contribution in [3.05, 3.63) is 35.9 Å². The van der Waals surface area contributed by atoms with E-state index in [9.17, 15) is 43.1 Å². The first kappa shape index (κ1) is 32.1. The summed E-state index contributed by atoms with van der Waals surface area (Å²) in [4.78, 5) is 76.8. The Labute approximate surface area is 244 Å². The number of carboxylic acid groups (broad SMARTS) is 1. The van der Waals surface area contributed by atoms with Crippen molar-refractivity contribution in [2.24, 2.45) is 0 Å². The number of thioether (sulfide) groups is 1. The van der Waals surface area contributed by atoms with Crippen molar-refractivity contribution in [3.63, 3.8) is 0 Å². The first-order valence-corrected chi connectivity index (χ1v) is 16.9. The van der Waals surface area contributed by atoms with Crippen molar-refractivity contribution in [2.75, 3.05) is 18.5 Å². The highest BCUT2D eigenvalue weighted by atomic mass is 32.2. The van der Waals surface area contributed by atoms with Crippen LogP contribution in [-0.4, -0.2) is 88.5 Å². The van der Waals surface area contributed by atoms with Gasteiger partial charge in [-0.3, -0.25) is 23.6 Å². The number of fused-ring (bicyclic) bond motifs is 2. The average Bonchev–Trinajstić information content (AvgIpc) is 3.09. The van der Waals surface area contributed by atoms with Crippen LogP contribution in [0.5, 0.6) is 5.75 Å². The molecule has 18 heteroatoms. The molecular formula is C24H31N3O12P2S. The summed E-state index contributed by atoms with van der Waals surface area (Å²) in [7, 11) is -10.2. The van der Waals surface area contributed by atoms with Gasteiger partial charge in [0.1, 0.15) is 17.2 Å². The Morgan fingerprint density at radius 1 is 1.12 bits per heavy atom. The average molecular weight is 648 g/mol. The van der Waals surface area contributed by atoms with Gasteiger partial charge in [-0.2, -0.15) is 0 Å². The molecule has 15 nitrogen and oxygen atoms in total. The zero-order valence-electron chi connectivity index (χ0n) is 22.7. The molecule has 0 saturated carbocycles. The van der Waals surface area contributed by atoms with Crippen LogP contribution < -0.4 is 15.4 Å². The number of rotatable bonds is 11. The summed E-state index contributed by atoms with van der Waals surface area (Å²) in [6.07, 6.45) is -3.08. The molecule has 2 heterocycles. The normalized spacial score (nSPS) is 21.6. The smallest absolute Gasteiger partial charge is 0.493 e. The monoisotopic (exact) mass is 647 g/mol. The number of β-lactam (4-membered cyclic amide) rings is 1. The molecule has 0 radical (unpaired) electrons. The summed E-state index contributed by atoms with van der Waals surface area (Å²) in [5.41, 5.74) is 0.501. The minimum atomic E-state index is -5.10. The van der Waals surface area contributed by atoms with Crippen LogP contribution in [-0.2, 0) is 18.7 Å². The van der Waals surface area contributed by atoms with Gasteiger partial charge >= 0.3 is 21.3 Å². The van der Waals surface area contributed by atoms with Crippen molar-refractivity contribution in [3.8, 4) is 5.75 Å². The van der Waals surface area contributed by atoms with Gasteiger partial charge in [0, 0.05) is 29.1 Å². The van der Waals surface area contributed by atoms with E-state index in [1.165, 1.54) is 22.7 Å². The van der Waals surface area contributed by atoms with Gasteiger partial charge in [0.2, 0.25) is 0 Å². The molecule has 0 aliphatic carbocycles. The zero-order valence-corrected chi connectivity index (χ0v) is 25.3. The number of amides is 2. The maximum absolute atomic E-state index is 13.7. The number of benzene rings is 2. The van der Waals surface area contributed by atoms with Gasteiger partial charge in [-0.15, -0.1) is 11.8 Å². The van der Waals surface area contributed by atoms with Crippen LogP contribution in [0.2, 0.25) is 0 Å². The van der Waals surface area contributed by atoms with E-state index in [0.29, 0.717) is 16.5 Å². The fourth-order valence-electron chi connectivity index (χ4n) is 5.07. The molecule has 2 aromatic carbocycles. The van der Waals surface area contributed by atoms with Gasteiger partial charge in [-0.05, 0) is 27.2 Å². The maximum atomic E-state index is 13.7. The highest BCUT2D eigenvalue weighted by Crippen LogP contribution is 2.61. The van der Waals surface area contributed by atoms with E-state index in [0.717, 1.165) is 0 Å². The second-order valence-electron chi connectivity index (χ2n) is 10.2. The molecule has 0 bridgehead atoms. The third-order valence-electron chi connectivity index (χ3n) is 6.88. The van der Waals surface area contributed by atoms with Crippen molar-refractivity contribution in [2.45, 2.75) is 55.0 Å². The van der Waals surface area contributed by atoms with Crippen LogP contribution >= 0.6 is 27.0 Å². The molecule has 2 amide bonds. The molecule has 2 aliphatic heterocycles. The molecule has 230 valence electrons. The van der Waals surface area contributed by atoms with Gasteiger partial charge in [0.25, 0.3) is 11.8 Å². The summed E-state index contributed by atoms with van der Waals surface area (Å²) in [6, 6.07) is 7.22. The number of carbonyl (C=O) groups excluding carboxylic acids is 2. The van der Waals surface area contributed by atoms with Crippen LogP contribution in [0.15, 0.2) is 30.3 Å². The number of carbonyl (C=O) groups is 3. The van der Waals surface area contributed by atoms with Crippen molar-refractivity contribution in [1.82, 2.24) is 10.2 Å². The SMILES string of the molecule is CCOc1cc(NCCC(P(=O)(O)O)P(=O)(O)O)c2ccccc2c1C(=O)NC1C(=O)N2C1SC(C)(C)C2OC(=O)O. The van der Waals surface area contributed by atoms with Crippen molar-refractivity contribution >= 4 is 61.4 Å². The van der Waals surface area contributed by atoms with E-state index < -0.39 is 67.4 Å². The van der Waals surface area contributed by atoms with Crippen LogP contribution in [0.25, 0.3) is 10.8 Å². The molecule has 42 heavy (non-hydrogen) atoms. The Morgan fingerprint density at radius 3 is 2.31 bits per heavy atom. The molecule has 7 N–H and O–H groups in total. The fourth-order valence-corrected chi connectivity index (χ4v) is 9.12. The predicted octanol–water partition coefficient (Wildman–Crippen LogP) is 2.53. The third kappa shape index (κ3) is 6.25. The first-order valence-electron chi connectivity index (χ1n) is 12.7. The highest BCUT2D eigenvalue weighted by molar-refractivity contribution is 8.01. The number of nitrogens with one attached hydrogen (secondary N) is 2. The number of ether oxygens (including phenoxy) is 2. The highest BCUT2D eigenvalue weighted by Gasteiger charge is 2.63. The van der Waals surface area contributed by atoms with Crippen LogP contribution in [0.1, 0.15) is 37.6 Å². The molecule has 0 spiro atoms. The third-order valence-corrected chi connectivity index (χ3v) is 12.3. The molecule has 3 unspecified atom stereocenters. The Bertz CT molecular complexity index is 1490. The van der Waals surface area contributed by atoms with Crippen LogP contribution in [0.4, 0.5) is 10.5 Å². The summed E-state index contributed by atoms with van der Waals surface area (Å²) in [6.45, 7) is 5.12. The second kappa shape index (κ2) is 11.7. The largest absolute Gasteiger partial charge is 0.507 e. The first-order chi connectivity index (χ1) is 19.5. The Hall–Kier alpha value is -2.84. The molecule has 0 aromatic heterocycles. The fraction of sp³-hybridized carbons (Fsp3) is 0.458. The number of anilines is 1. The molecular weight excluding hydrogens is 616 g/mol. The summed E-state index contributed by atoms with van der Waals surface area (Å²) in [5, 5.41) is 13.0. The van der Waals surface area contributed by atoms with Gasteiger partial charge in [-0.1, -0.05) is 24.3 Å². The van der Waals surface area contributed by atoms with Crippen LogP contribution in [0.3, 0.4) is 0 Å². The van der Waals surface area contributed by atoms with Gasteiger partial charge in [0.15, 0.2) is 11.6 Å². The Morgan fingerprint density at radius 2 is 1.74 bits per heavy atom. The van der Waals surface area contributed by atoms with Crippen molar-refractivity contribution < 1.29 is 57.7 Å². The number of hydrogen-bond donors (Lipinski definition) is 7. The molecule has 2 aliphatic rings. The van der Waals surface area contributed by atoms with E-state index in [1.54, 1.807) is 45.0 Å². The standard InChI is InChI=1S/C24H31N3O12P2S/c1-4-38-15-11-14(25-10-9-16(40(32,33)34)41(35,36)37)12-7-5-6-8-13(12)17(15)19(28)26-18-20(29)27-21(18)42-24(2,3)22(27)39-23(30)31/h5-8,11,16,18,21-22,25H,4,9-10H2,1-3H3,(H,26,28)(H,30,31)(H2,32,33,34)(H2,35,36,37). The van der Waals surface area contributed by atoms with E-state index in [4.69, 9.17) is 14.6 Å². The molecule has 2 fully saturated rings. The molecule has 2 saturated heterocycles. The van der Waals surface area contributed by atoms with Crippen LogP contribution in [0, 0.1) is 0 Å². The Balaban J connectivity index is 1.61. The number of hydrogen-bond acceptors (Lipinski definition) is 9. The van der Waals surface area contributed by atoms with Gasteiger partial charge < -0.3 is 44.8 Å². The van der Waals surface area contributed by atoms with E-state index in [-0.39, 0.29) is 24.5 Å². The van der Waals surface area contributed by atoms with Gasteiger partial charge in [0.05, 0.1) is 16.9 Å². The summed E-state index contributed by atoms with van der Waals surface area (Å²) < 4.78 is 33.2. The number of nitrogens with zero attached hydrogens (tertiary/aromatic N) is 1. The summed E-state index contributed by atoms with van der Waals surface area (Å²) >= 11 is 1.30. The molecule has 4 rings (SSSR count). The zero-order chi connectivity index (χ0) is 31.2. The second-order valence-corrected chi connectivity index (χ2v) is 16.0. The lowest BCUT2D eigenvalue weighted by Gasteiger charge is -2.43. The minimum Gasteiger partial charge on any atom is -0.493 e. The quantitative estimate of drug-likeness (QED) is 0.106. The molecule has 2 aromatic rings. The van der Waals surface area contributed by atoms with E-state index in [1.807, 2.05) is 0 Å². The lowest BCUT2D eigenvalue weighted by molar-refractivity contribution is -0.161. The topological polar surface area (TPSA) is 232 Å². The Kier molecular flexibility index (Phi) is 8.92. The van der Waals surface area contributed by atoms with E-state index >= 15 is 0 Å². The predicted molar refractivity (Wildman–Crippen MR) is 153 cm³/mol. The minimum absolute atomic E-state index is 0.119. The van der Waals surface area contributed by atoms with E-state index in [2.05, 4.69) is 10.6 Å². The lowest BCUT2D eigenvalue weighted by atomic mass is 9.99. The lowest BCUT2D eigenvalue weighted by Crippen LogP contribution is -2.70. The summed E-state index contributed by atoms with van der Waals surface area (Å²) in [5.74, 6) is -0.987. The van der Waals surface area contributed by atoms with Crippen molar-refractivity contribution in [1.29, 1.82) is 0 Å². The molecule has 3 atom stereocenters. The maximum Gasteiger partial charge on any atom is 0.507 e. The van der Waals surface area contributed by atoms with Gasteiger partial charge in [-0.25, -0.2) is 4.79 Å².